The third-order valence-corrected chi connectivity index (χ3v) is 2.94. The molecular formula is C15H14N4O. The lowest BCUT2D eigenvalue weighted by molar-refractivity contribution is 0.299. The van der Waals surface area contributed by atoms with Gasteiger partial charge in [-0.25, -0.2) is 4.98 Å². The maximum Gasteiger partial charge on any atom is 0.176 e. The van der Waals surface area contributed by atoms with E-state index in [0.717, 1.165) is 17.7 Å². The molecule has 5 heteroatoms. The average Bonchev–Trinajstić information content (AvgIpc) is 2.87. The summed E-state index contributed by atoms with van der Waals surface area (Å²) in [5.74, 6) is 0.872. The van der Waals surface area contributed by atoms with E-state index in [4.69, 9.17) is 15.3 Å². The van der Waals surface area contributed by atoms with Crippen LogP contribution in [0.4, 0.5) is 0 Å². The number of hydrogen-bond acceptors (Lipinski definition) is 4. The number of para-hydroxylation sites is 1. The molecule has 1 aromatic carbocycles. The largest absolute Gasteiger partial charge is 0.493 e. The molecule has 0 aliphatic carbocycles. The molecule has 1 heterocycles. The molecule has 0 aliphatic rings. The van der Waals surface area contributed by atoms with Crippen LogP contribution in [0.15, 0.2) is 30.6 Å². The second-order valence-electron chi connectivity index (χ2n) is 4.33. The first kappa shape index (κ1) is 13.6. The first-order chi connectivity index (χ1) is 9.76. The number of aromatic nitrogens is 2. The number of nitrogens with zero attached hydrogens (tertiary/aromatic N) is 4. The third-order valence-electron chi connectivity index (χ3n) is 2.94. The van der Waals surface area contributed by atoms with E-state index in [2.05, 4.69) is 4.98 Å². The van der Waals surface area contributed by atoms with Crippen LogP contribution in [0.5, 0.6) is 5.75 Å². The Morgan fingerprint density at radius 1 is 1.25 bits per heavy atom. The molecule has 2 aromatic rings. The lowest BCUT2D eigenvalue weighted by Gasteiger charge is -2.09. The zero-order chi connectivity index (χ0) is 14.4. The minimum Gasteiger partial charge on any atom is -0.493 e. The Morgan fingerprint density at radius 3 is 2.75 bits per heavy atom. The first-order valence-electron chi connectivity index (χ1n) is 6.30. The van der Waals surface area contributed by atoms with Crippen molar-refractivity contribution in [1.29, 1.82) is 10.5 Å². The molecule has 2 rings (SSSR count). The van der Waals surface area contributed by atoms with Crippen LogP contribution in [0.2, 0.25) is 0 Å². The summed E-state index contributed by atoms with van der Waals surface area (Å²) in [6.45, 7) is 3.15. The van der Waals surface area contributed by atoms with Crippen molar-refractivity contribution in [3.8, 4) is 17.9 Å². The number of aryl methyl sites for hydroxylation is 2. The van der Waals surface area contributed by atoms with Gasteiger partial charge in [0.05, 0.1) is 12.9 Å². The van der Waals surface area contributed by atoms with Crippen LogP contribution in [0.3, 0.4) is 0 Å². The number of nitriles is 2. The van der Waals surface area contributed by atoms with Gasteiger partial charge in [0, 0.05) is 6.54 Å². The number of imidazole rings is 1. The van der Waals surface area contributed by atoms with Crippen molar-refractivity contribution < 1.29 is 4.74 Å². The molecule has 0 spiro atoms. The van der Waals surface area contributed by atoms with Crippen LogP contribution in [-0.4, -0.2) is 16.2 Å². The molecule has 0 saturated carbocycles. The van der Waals surface area contributed by atoms with Crippen LogP contribution in [0.1, 0.15) is 23.4 Å². The maximum atomic E-state index is 9.00. The fraction of sp³-hybridized carbons (Fsp3) is 0.267. The smallest absolute Gasteiger partial charge is 0.176 e. The molecule has 0 radical (unpaired) electrons. The summed E-state index contributed by atoms with van der Waals surface area (Å²) < 4.78 is 7.36. The Bertz CT molecular complexity index is 676. The lowest BCUT2D eigenvalue weighted by atomic mass is 10.2. The molecule has 0 saturated heterocycles. The van der Waals surface area contributed by atoms with Crippen molar-refractivity contribution in [1.82, 2.24) is 9.55 Å². The average molecular weight is 266 g/mol. The molecule has 0 fully saturated rings. The zero-order valence-electron chi connectivity index (χ0n) is 11.2. The van der Waals surface area contributed by atoms with Gasteiger partial charge in [0.25, 0.3) is 0 Å². The van der Waals surface area contributed by atoms with E-state index in [1.54, 1.807) is 4.57 Å². The highest BCUT2D eigenvalue weighted by Gasteiger charge is 2.09. The molecule has 100 valence electrons. The second kappa shape index (κ2) is 6.40. The highest BCUT2D eigenvalue weighted by molar-refractivity contribution is 5.36. The summed E-state index contributed by atoms with van der Waals surface area (Å²) in [6, 6.07) is 11.7. The van der Waals surface area contributed by atoms with E-state index in [-0.39, 0.29) is 5.69 Å². The number of benzene rings is 1. The Morgan fingerprint density at radius 2 is 2.05 bits per heavy atom. The standard InChI is InChI=1S/C15H14N4O/c1-12-5-2-3-6-15(12)20-8-4-7-19-11-18-13(9-16)14(19)10-17/h2-3,5-6,11H,4,7-8H2,1H3. The quantitative estimate of drug-likeness (QED) is 0.779. The maximum absolute atomic E-state index is 9.00. The molecule has 20 heavy (non-hydrogen) atoms. The van der Waals surface area contributed by atoms with Gasteiger partial charge in [-0.3, -0.25) is 0 Å². The highest BCUT2D eigenvalue weighted by atomic mass is 16.5. The summed E-state index contributed by atoms with van der Waals surface area (Å²) in [4.78, 5) is 3.90. The van der Waals surface area contributed by atoms with Crippen molar-refractivity contribution in [2.45, 2.75) is 19.9 Å². The van der Waals surface area contributed by atoms with E-state index in [0.29, 0.717) is 18.8 Å². The van der Waals surface area contributed by atoms with Crippen LogP contribution in [0, 0.1) is 29.6 Å². The monoisotopic (exact) mass is 266 g/mol. The van der Waals surface area contributed by atoms with Gasteiger partial charge in [-0.1, -0.05) is 18.2 Å². The molecule has 1 aromatic heterocycles. The van der Waals surface area contributed by atoms with E-state index >= 15 is 0 Å². The molecule has 0 aliphatic heterocycles. The molecule has 0 amide bonds. The summed E-state index contributed by atoms with van der Waals surface area (Å²) in [7, 11) is 0. The van der Waals surface area contributed by atoms with Crippen LogP contribution >= 0.6 is 0 Å². The first-order valence-corrected chi connectivity index (χ1v) is 6.30. The molecule has 0 bridgehead atoms. The van der Waals surface area contributed by atoms with Crippen molar-refractivity contribution in [2.24, 2.45) is 0 Å². The molecule has 0 unspecified atom stereocenters. The number of hydrogen-bond donors (Lipinski definition) is 0. The van der Waals surface area contributed by atoms with Crippen LogP contribution in [-0.2, 0) is 6.54 Å². The normalized spacial score (nSPS) is 9.75. The second-order valence-corrected chi connectivity index (χ2v) is 4.33. The summed E-state index contributed by atoms with van der Waals surface area (Å²) in [5.41, 5.74) is 1.58. The van der Waals surface area contributed by atoms with E-state index in [1.165, 1.54) is 6.33 Å². The van der Waals surface area contributed by atoms with E-state index in [9.17, 15) is 0 Å². The van der Waals surface area contributed by atoms with Gasteiger partial charge in [-0.05, 0) is 25.0 Å². The van der Waals surface area contributed by atoms with Crippen molar-refractivity contribution in [3.05, 3.63) is 47.5 Å². The molecular weight excluding hydrogens is 252 g/mol. The molecule has 0 atom stereocenters. The predicted molar refractivity (Wildman–Crippen MR) is 72.9 cm³/mol. The Labute approximate surface area is 117 Å². The van der Waals surface area contributed by atoms with Gasteiger partial charge in [0.2, 0.25) is 0 Å². The van der Waals surface area contributed by atoms with Gasteiger partial charge >= 0.3 is 0 Å². The topological polar surface area (TPSA) is 74.6 Å². The summed E-state index contributed by atoms with van der Waals surface area (Å²) >= 11 is 0. The van der Waals surface area contributed by atoms with Crippen LogP contribution < -0.4 is 4.74 Å². The Kier molecular flexibility index (Phi) is 4.36. The summed E-state index contributed by atoms with van der Waals surface area (Å²) in [5, 5.41) is 17.8. The number of rotatable bonds is 5. The molecule has 0 N–H and O–H groups in total. The Balaban J connectivity index is 1.89. The highest BCUT2D eigenvalue weighted by Crippen LogP contribution is 2.16. The fourth-order valence-corrected chi connectivity index (χ4v) is 1.89. The third kappa shape index (κ3) is 2.96. The Hall–Kier alpha value is -2.79. The van der Waals surface area contributed by atoms with Gasteiger partial charge in [0.15, 0.2) is 11.4 Å². The predicted octanol–water partition coefficient (Wildman–Crippen LogP) is 2.40. The van der Waals surface area contributed by atoms with E-state index < -0.39 is 0 Å². The molecule has 5 nitrogen and oxygen atoms in total. The minimum atomic E-state index is 0.173. The van der Waals surface area contributed by atoms with Crippen molar-refractivity contribution in [2.75, 3.05) is 6.61 Å². The van der Waals surface area contributed by atoms with Gasteiger partial charge in [-0.2, -0.15) is 10.5 Å². The van der Waals surface area contributed by atoms with Crippen molar-refractivity contribution in [3.63, 3.8) is 0 Å². The minimum absolute atomic E-state index is 0.173. The van der Waals surface area contributed by atoms with Crippen molar-refractivity contribution >= 4 is 0 Å². The van der Waals surface area contributed by atoms with E-state index in [1.807, 2.05) is 43.3 Å². The summed E-state index contributed by atoms with van der Waals surface area (Å²) in [6.07, 6.45) is 2.26. The van der Waals surface area contributed by atoms with Gasteiger partial charge in [-0.15, -0.1) is 0 Å². The number of ether oxygens (including phenoxy) is 1. The fourth-order valence-electron chi connectivity index (χ4n) is 1.89. The van der Waals surface area contributed by atoms with Gasteiger partial charge < -0.3 is 9.30 Å². The van der Waals surface area contributed by atoms with Crippen LogP contribution in [0.25, 0.3) is 0 Å². The SMILES string of the molecule is Cc1ccccc1OCCCn1cnc(C#N)c1C#N. The zero-order valence-corrected chi connectivity index (χ0v) is 11.2. The lowest BCUT2D eigenvalue weighted by Crippen LogP contribution is -2.06. The van der Waals surface area contributed by atoms with Gasteiger partial charge in [0.1, 0.15) is 17.9 Å².